The summed E-state index contributed by atoms with van der Waals surface area (Å²) < 4.78 is 0. The van der Waals surface area contributed by atoms with Gasteiger partial charge in [0.25, 0.3) is 0 Å². The van der Waals surface area contributed by atoms with Crippen molar-refractivity contribution in [1.82, 2.24) is 4.98 Å². The average molecular weight is 261 g/mol. The van der Waals surface area contributed by atoms with Crippen molar-refractivity contribution >= 4 is 11.3 Å². The molecule has 0 spiro atoms. The number of aliphatic hydroxyl groups is 1. The maximum Gasteiger partial charge on any atom is 0.0931 e. The van der Waals surface area contributed by atoms with Crippen LogP contribution in [0, 0.1) is 20.8 Å². The highest BCUT2D eigenvalue weighted by Crippen LogP contribution is 2.23. The number of aliphatic hydroxyl groups excluding tert-OH is 1. The molecule has 1 aromatic heterocycles. The van der Waals surface area contributed by atoms with Crippen LogP contribution in [-0.4, -0.2) is 10.1 Å². The number of aryl methyl sites for hydroxylation is 4. The third kappa shape index (κ3) is 3.18. The fraction of sp³-hybridized carbons (Fsp3) is 0.400. The van der Waals surface area contributed by atoms with Crippen molar-refractivity contribution in [2.75, 3.05) is 0 Å². The summed E-state index contributed by atoms with van der Waals surface area (Å²) >= 11 is 1.73. The van der Waals surface area contributed by atoms with Gasteiger partial charge >= 0.3 is 0 Å². The summed E-state index contributed by atoms with van der Waals surface area (Å²) in [5.74, 6) is 0. The molecule has 3 heteroatoms. The van der Waals surface area contributed by atoms with E-state index in [-0.39, 0.29) is 0 Å². The number of hydrogen-bond donors (Lipinski definition) is 1. The number of rotatable bonds is 4. The van der Waals surface area contributed by atoms with Crippen LogP contribution in [-0.2, 0) is 6.42 Å². The first-order valence-electron chi connectivity index (χ1n) is 6.24. The quantitative estimate of drug-likeness (QED) is 0.909. The summed E-state index contributed by atoms with van der Waals surface area (Å²) in [7, 11) is 0. The maximum absolute atomic E-state index is 10.2. The Labute approximate surface area is 112 Å². The minimum atomic E-state index is -0.394. The lowest BCUT2D eigenvalue weighted by atomic mass is 10.0. The van der Waals surface area contributed by atoms with Gasteiger partial charge < -0.3 is 5.11 Å². The third-order valence-electron chi connectivity index (χ3n) is 3.13. The summed E-state index contributed by atoms with van der Waals surface area (Å²) in [6.45, 7) is 6.17. The highest BCUT2D eigenvalue weighted by molar-refractivity contribution is 7.11. The lowest BCUT2D eigenvalue weighted by Gasteiger charge is -2.10. The molecule has 2 aromatic rings. The number of benzene rings is 1. The standard InChI is InChI=1S/C15H19NOS/c1-10-5-4-6-13(9-10)14(17)7-8-15-16-11(2)12(3)18-15/h4-6,9,14,17H,7-8H2,1-3H3. The fourth-order valence-electron chi connectivity index (χ4n) is 1.95. The summed E-state index contributed by atoms with van der Waals surface area (Å²) in [5.41, 5.74) is 3.30. The summed E-state index contributed by atoms with van der Waals surface area (Å²) in [4.78, 5) is 5.77. The van der Waals surface area contributed by atoms with E-state index in [4.69, 9.17) is 0 Å². The van der Waals surface area contributed by atoms with Gasteiger partial charge in [0.1, 0.15) is 0 Å². The zero-order valence-corrected chi connectivity index (χ0v) is 11.9. The van der Waals surface area contributed by atoms with Crippen LogP contribution >= 0.6 is 11.3 Å². The van der Waals surface area contributed by atoms with Crippen LogP contribution in [0.5, 0.6) is 0 Å². The molecule has 0 fully saturated rings. The number of aromatic nitrogens is 1. The molecule has 1 atom stereocenters. The third-order valence-corrected chi connectivity index (χ3v) is 4.26. The van der Waals surface area contributed by atoms with E-state index in [1.807, 2.05) is 38.1 Å². The second-order valence-corrected chi connectivity index (χ2v) is 6.01. The normalized spacial score (nSPS) is 12.7. The Bertz CT molecular complexity index is 514. The number of nitrogens with zero attached hydrogens (tertiary/aromatic N) is 1. The first kappa shape index (κ1) is 13.2. The largest absolute Gasteiger partial charge is 0.388 e. The minimum Gasteiger partial charge on any atom is -0.388 e. The van der Waals surface area contributed by atoms with Crippen LogP contribution in [0.25, 0.3) is 0 Å². The molecular formula is C15H19NOS. The van der Waals surface area contributed by atoms with Gasteiger partial charge in [-0.1, -0.05) is 29.8 Å². The molecule has 2 nitrogen and oxygen atoms in total. The Morgan fingerprint density at radius 2 is 2.06 bits per heavy atom. The zero-order valence-electron chi connectivity index (χ0n) is 11.1. The van der Waals surface area contributed by atoms with E-state index in [9.17, 15) is 5.11 Å². The van der Waals surface area contributed by atoms with Gasteiger partial charge in [-0.2, -0.15) is 0 Å². The molecule has 0 bridgehead atoms. The Morgan fingerprint density at radius 3 is 2.67 bits per heavy atom. The Balaban J connectivity index is 1.98. The van der Waals surface area contributed by atoms with Crippen LogP contribution in [0.15, 0.2) is 24.3 Å². The summed E-state index contributed by atoms with van der Waals surface area (Å²) in [5, 5.41) is 11.3. The second-order valence-electron chi connectivity index (χ2n) is 4.72. The van der Waals surface area contributed by atoms with Gasteiger partial charge in [-0.25, -0.2) is 4.98 Å². The molecule has 0 saturated carbocycles. The van der Waals surface area contributed by atoms with Gasteiger partial charge in [-0.15, -0.1) is 11.3 Å². The van der Waals surface area contributed by atoms with E-state index in [0.717, 1.165) is 29.1 Å². The molecule has 1 aromatic carbocycles. The van der Waals surface area contributed by atoms with Crippen molar-refractivity contribution in [1.29, 1.82) is 0 Å². The summed E-state index contributed by atoms with van der Waals surface area (Å²) in [6.07, 6.45) is 1.18. The second kappa shape index (κ2) is 5.63. The maximum atomic E-state index is 10.2. The van der Waals surface area contributed by atoms with Gasteiger partial charge in [0.2, 0.25) is 0 Å². The highest BCUT2D eigenvalue weighted by Gasteiger charge is 2.10. The lowest BCUT2D eigenvalue weighted by Crippen LogP contribution is -1.99. The lowest BCUT2D eigenvalue weighted by molar-refractivity contribution is 0.167. The molecule has 1 unspecified atom stereocenters. The summed E-state index contributed by atoms with van der Waals surface area (Å²) in [6, 6.07) is 8.06. The highest BCUT2D eigenvalue weighted by atomic mass is 32.1. The van der Waals surface area contributed by atoms with Gasteiger partial charge in [-0.3, -0.25) is 0 Å². The Kier molecular flexibility index (Phi) is 4.15. The Morgan fingerprint density at radius 1 is 1.28 bits per heavy atom. The van der Waals surface area contributed by atoms with Crippen molar-refractivity contribution in [3.63, 3.8) is 0 Å². The van der Waals surface area contributed by atoms with E-state index in [0.29, 0.717) is 0 Å². The molecule has 1 heterocycles. The van der Waals surface area contributed by atoms with Gasteiger partial charge in [0.05, 0.1) is 16.8 Å². The van der Waals surface area contributed by atoms with Crippen molar-refractivity contribution < 1.29 is 5.11 Å². The minimum absolute atomic E-state index is 0.394. The predicted molar refractivity (Wildman–Crippen MR) is 76.0 cm³/mol. The van der Waals surface area contributed by atoms with E-state index in [1.165, 1.54) is 10.4 Å². The topological polar surface area (TPSA) is 33.1 Å². The first-order chi connectivity index (χ1) is 8.56. The van der Waals surface area contributed by atoms with E-state index < -0.39 is 6.10 Å². The molecule has 18 heavy (non-hydrogen) atoms. The van der Waals surface area contributed by atoms with Gasteiger partial charge in [-0.05, 0) is 32.8 Å². The molecular weight excluding hydrogens is 242 g/mol. The smallest absolute Gasteiger partial charge is 0.0931 e. The van der Waals surface area contributed by atoms with Crippen LogP contribution in [0.1, 0.15) is 39.2 Å². The molecule has 1 N–H and O–H groups in total. The Hall–Kier alpha value is -1.19. The van der Waals surface area contributed by atoms with E-state index >= 15 is 0 Å². The SMILES string of the molecule is Cc1cccc(C(O)CCc2nc(C)c(C)s2)c1. The average Bonchev–Trinajstić information content (AvgIpc) is 2.66. The van der Waals surface area contributed by atoms with Crippen molar-refractivity contribution in [2.24, 2.45) is 0 Å². The monoisotopic (exact) mass is 261 g/mol. The molecule has 0 amide bonds. The first-order valence-corrected chi connectivity index (χ1v) is 7.05. The molecule has 0 aliphatic carbocycles. The zero-order chi connectivity index (χ0) is 13.1. The van der Waals surface area contributed by atoms with E-state index in [1.54, 1.807) is 11.3 Å². The number of hydrogen-bond acceptors (Lipinski definition) is 3. The van der Waals surface area contributed by atoms with Crippen molar-refractivity contribution in [2.45, 2.75) is 39.7 Å². The van der Waals surface area contributed by atoms with E-state index in [2.05, 4.69) is 11.9 Å². The van der Waals surface area contributed by atoms with Crippen LogP contribution in [0.4, 0.5) is 0 Å². The predicted octanol–water partition coefficient (Wildman–Crippen LogP) is 3.73. The van der Waals surface area contributed by atoms with Crippen LogP contribution in [0.3, 0.4) is 0 Å². The molecule has 96 valence electrons. The molecule has 0 radical (unpaired) electrons. The number of thiazole rings is 1. The van der Waals surface area contributed by atoms with Gasteiger partial charge in [0.15, 0.2) is 0 Å². The van der Waals surface area contributed by atoms with Gasteiger partial charge in [0, 0.05) is 11.3 Å². The fourth-order valence-corrected chi connectivity index (χ4v) is 2.90. The van der Waals surface area contributed by atoms with Crippen molar-refractivity contribution in [3.8, 4) is 0 Å². The van der Waals surface area contributed by atoms with Crippen molar-refractivity contribution in [3.05, 3.63) is 51.0 Å². The molecule has 0 aliphatic heterocycles. The molecule has 0 saturated heterocycles. The van der Waals surface area contributed by atoms with Crippen LogP contribution in [0.2, 0.25) is 0 Å². The van der Waals surface area contributed by atoms with Crippen LogP contribution < -0.4 is 0 Å². The molecule has 2 rings (SSSR count). The molecule has 0 aliphatic rings.